The predicted molar refractivity (Wildman–Crippen MR) is 61.5 cm³/mol. The van der Waals surface area contributed by atoms with Crippen LogP contribution in [0.25, 0.3) is 0 Å². The smallest absolute Gasteiger partial charge is 0.0937 e. The molecule has 0 aromatic rings. The number of hydrogen-bond acceptors (Lipinski definition) is 2. The van der Waals surface area contributed by atoms with Crippen molar-refractivity contribution in [3.05, 3.63) is 0 Å². The summed E-state index contributed by atoms with van der Waals surface area (Å²) in [5.41, 5.74) is 5.74. The van der Waals surface area contributed by atoms with Crippen LogP contribution < -0.4 is 5.73 Å². The third-order valence-electron chi connectivity index (χ3n) is 2.28. The molecule has 76 valence electrons. The number of rotatable bonds is 4. The van der Waals surface area contributed by atoms with E-state index in [-0.39, 0.29) is 0 Å². The van der Waals surface area contributed by atoms with Crippen LogP contribution in [0, 0.1) is 0 Å². The molecule has 0 saturated carbocycles. The number of hydrogen-bond donors (Lipinski definition) is 1. The van der Waals surface area contributed by atoms with Gasteiger partial charge in [0.05, 0.1) is 12.4 Å². The molecule has 13 heavy (non-hydrogen) atoms. The van der Waals surface area contributed by atoms with Crippen LogP contribution in [-0.2, 0) is 0 Å². The van der Waals surface area contributed by atoms with Crippen LogP contribution in [0.5, 0.6) is 0 Å². The minimum atomic E-state index is 0.740. The van der Waals surface area contributed by atoms with Gasteiger partial charge in [-0.25, -0.2) is 0 Å². The molecule has 1 atom stereocenters. The van der Waals surface area contributed by atoms with Crippen molar-refractivity contribution in [2.75, 3.05) is 12.3 Å². The zero-order valence-electron chi connectivity index (χ0n) is 8.46. The monoisotopic (exact) mass is 200 g/mol. The molecular weight excluding hydrogens is 180 g/mol. The Morgan fingerprint density at radius 3 is 3.00 bits per heavy atom. The Bertz CT molecular complexity index is 162. The summed E-state index contributed by atoms with van der Waals surface area (Å²) in [6, 6.07) is 0. The molecule has 0 aromatic heterocycles. The molecule has 2 N–H and O–H groups in total. The van der Waals surface area contributed by atoms with Crippen LogP contribution in [0.2, 0.25) is 0 Å². The van der Waals surface area contributed by atoms with Gasteiger partial charge >= 0.3 is 0 Å². The van der Waals surface area contributed by atoms with Gasteiger partial charge in [0.2, 0.25) is 0 Å². The van der Waals surface area contributed by atoms with E-state index in [0.29, 0.717) is 0 Å². The molecule has 1 rings (SSSR count). The van der Waals surface area contributed by atoms with Crippen molar-refractivity contribution in [1.29, 1.82) is 0 Å². The topological polar surface area (TPSA) is 38.4 Å². The Kier molecular flexibility index (Phi) is 5.28. The fourth-order valence-corrected chi connectivity index (χ4v) is 2.72. The van der Waals surface area contributed by atoms with Crippen molar-refractivity contribution in [2.24, 2.45) is 10.7 Å². The Labute approximate surface area is 85.4 Å². The van der Waals surface area contributed by atoms with E-state index in [1.165, 1.54) is 25.0 Å². The SMILES string of the molecule is CCCC(N)=NCC1CCCCS1. The maximum atomic E-state index is 5.74. The zero-order valence-corrected chi connectivity index (χ0v) is 9.28. The van der Waals surface area contributed by atoms with Crippen LogP contribution in [0.4, 0.5) is 0 Å². The number of nitrogens with zero attached hydrogens (tertiary/aromatic N) is 1. The predicted octanol–water partition coefficient (Wildman–Crippen LogP) is 2.43. The van der Waals surface area contributed by atoms with E-state index in [1.807, 2.05) is 0 Å². The highest BCUT2D eigenvalue weighted by Crippen LogP contribution is 2.24. The quantitative estimate of drug-likeness (QED) is 0.559. The summed E-state index contributed by atoms with van der Waals surface area (Å²) < 4.78 is 0. The number of aliphatic imine (C=N–C) groups is 1. The standard InChI is InChI=1S/C10H20N2S/c1-2-5-10(11)12-8-9-6-3-4-7-13-9/h9H,2-8H2,1H3,(H2,11,12). The lowest BCUT2D eigenvalue weighted by molar-refractivity contribution is 0.667. The average Bonchev–Trinajstić information content (AvgIpc) is 2.17. The molecule has 3 heteroatoms. The largest absolute Gasteiger partial charge is 0.387 e. The van der Waals surface area contributed by atoms with Gasteiger partial charge in [-0.05, 0) is 25.0 Å². The number of nitrogens with two attached hydrogens (primary N) is 1. The summed E-state index contributed by atoms with van der Waals surface area (Å²) in [5, 5.41) is 0.740. The van der Waals surface area contributed by atoms with Gasteiger partial charge in [0.15, 0.2) is 0 Å². The maximum absolute atomic E-state index is 5.74. The first-order chi connectivity index (χ1) is 6.33. The van der Waals surface area contributed by atoms with Crippen LogP contribution >= 0.6 is 11.8 Å². The fraction of sp³-hybridized carbons (Fsp3) is 0.900. The summed E-state index contributed by atoms with van der Waals surface area (Å²) in [6.07, 6.45) is 6.15. The molecular formula is C10H20N2S. The molecule has 1 aliphatic heterocycles. The van der Waals surface area contributed by atoms with Crippen LogP contribution in [0.1, 0.15) is 39.0 Å². The van der Waals surface area contributed by atoms with E-state index in [9.17, 15) is 0 Å². The van der Waals surface area contributed by atoms with Crippen molar-refractivity contribution >= 4 is 17.6 Å². The second-order valence-corrected chi connectivity index (χ2v) is 4.98. The Hall–Kier alpha value is -0.180. The molecule has 0 amide bonds. The number of thioether (sulfide) groups is 1. The second kappa shape index (κ2) is 6.30. The van der Waals surface area contributed by atoms with E-state index >= 15 is 0 Å². The molecule has 0 bridgehead atoms. The minimum absolute atomic E-state index is 0.740. The fourth-order valence-electron chi connectivity index (χ4n) is 1.51. The number of amidine groups is 1. The first kappa shape index (κ1) is 10.9. The molecule has 1 heterocycles. The van der Waals surface area contributed by atoms with Crippen LogP contribution in [0.3, 0.4) is 0 Å². The summed E-state index contributed by atoms with van der Waals surface area (Å²) >= 11 is 2.06. The van der Waals surface area contributed by atoms with Gasteiger partial charge in [-0.3, -0.25) is 4.99 Å². The summed E-state index contributed by atoms with van der Waals surface area (Å²) in [7, 11) is 0. The van der Waals surface area contributed by atoms with Crippen molar-refractivity contribution in [3.8, 4) is 0 Å². The Morgan fingerprint density at radius 2 is 2.38 bits per heavy atom. The molecule has 0 aromatic carbocycles. The van der Waals surface area contributed by atoms with Gasteiger partial charge in [0.25, 0.3) is 0 Å². The molecule has 1 fully saturated rings. The van der Waals surface area contributed by atoms with E-state index in [2.05, 4.69) is 23.7 Å². The first-order valence-corrected chi connectivity index (χ1v) is 6.28. The lowest BCUT2D eigenvalue weighted by Crippen LogP contribution is -2.17. The van der Waals surface area contributed by atoms with E-state index in [0.717, 1.165) is 30.5 Å². The van der Waals surface area contributed by atoms with Crippen molar-refractivity contribution in [1.82, 2.24) is 0 Å². The average molecular weight is 200 g/mol. The lowest BCUT2D eigenvalue weighted by Gasteiger charge is -2.19. The van der Waals surface area contributed by atoms with E-state index in [1.54, 1.807) is 0 Å². The third kappa shape index (κ3) is 4.55. The highest BCUT2D eigenvalue weighted by atomic mass is 32.2. The first-order valence-electron chi connectivity index (χ1n) is 5.23. The van der Waals surface area contributed by atoms with Gasteiger partial charge in [0, 0.05) is 11.7 Å². The lowest BCUT2D eigenvalue weighted by atomic mass is 10.2. The third-order valence-corrected chi connectivity index (χ3v) is 3.66. The molecule has 2 nitrogen and oxygen atoms in total. The normalized spacial score (nSPS) is 24.7. The molecule has 1 aliphatic rings. The van der Waals surface area contributed by atoms with E-state index in [4.69, 9.17) is 5.73 Å². The zero-order chi connectivity index (χ0) is 9.52. The van der Waals surface area contributed by atoms with Gasteiger partial charge in [-0.15, -0.1) is 0 Å². The highest BCUT2D eigenvalue weighted by Gasteiger charge is 2.12. The van der Waals surface area contributed by atoms with Gasteiger partial charge < -0.3 is 5.73 Å². The Morgan fingerprint density at radius 1 is 1.54 bits per heavy atom. The van der Waals surface area contributed by atoms with Gasteiger partial charge in [0.1, 0.15) is 0 Å². The molecule has 0 spiro atoms. The minimum Gasteiger partial charge on any atom is -0.387 e. The molecule has 1 unspecified atom stereocenters. The second-order valence-electron chi connectivity index (χ2n) is 3.57. The maximum Gasteiger partial charge on any atom is 0.0937 e. The van der Waals surface area contributed by atoms with Crippen molar-refractivity contribution in [3.63, 3.8) is 0 Å². The molecule has 0 radical (unpaired) electrons. The molecule has 0 aliphatic carbocycles. The highest BCUT2D eigenvalue weighted by molar-refractivity contribution is 7.99. The summed E-state index contributed by atoms with van der Waals surface area (Å²) in [5.74, 6) is 2.15. The summed E-state index contributed by atoms with van der Waals surface area (Å²) in [6.45, 7) is 3.08. The van der Waals surface area contributed by atoms with Crippen LogP contribution in [0.15, 0.2) is 4.99 Å². The van der Waals surface area contributed by atoms with Crippen molar-refractivity contribution < 1.29 is 0 Å². The van der Waals surface area contributed by atoms with Gasteiger partial charge in [-0.1, -0.05) is 13.3 Å². The van der Waals surface area contributed by atoms with Gasteiger partial charge in [-0.2, -0.15) is 11.8 Å². The van der Waals surface area contributed by atoms with E-state index < -0.39 is 0 Å². The summed E-state index contributed by atoms with van der Waals surface area (Å²) in [4.78, 5) is 4.41. The molecule has 1 saturated heterocycles. The Balaban J connectivity index is 2.19. The van der Waals surface area contributed by atoms with Crippen molar-refractivity contribution in [2.45, 2.75) is 44.3 Å². The van der Waals surface area contributed by atoms with Crippen LogP contribution in [-0.4, -0.2) is 23.4 Å².